The van der Waals surface area contributed by atoms with Gasteiger partial charge >= 0.3 is 0 Å². The third-order valence-electron chi connectivity index (χ3n) is 4.94. The fourth-order valence-corrected chi connectivity index (χ4v) is 3.66. The molecule has 0 saturated heterocycles. The minimum absolute atomic E-state index is 0.624. The van der Waals surface area contributed by atoms with E-state index in [1.54, 1.807) is 7.11 Å². The predicted octanol–water partition coefficient (Wildman–Crippen LogP) is 4.16. The van der Waals surface area contributed by atoms with Gasteiger partial charge in [0, 0.05) is 29.9 Å². The van der Waals surface area contributed by atoms with E-state index >= 15 is 0 Å². The molecule has 3 nitrogen and oxygen atoms in total. The molecule has 1 aromatic heterocycles. The molecule has 2 rings (SSSR count). The van der Waals surface area contributed by atoms with Gasteiger partial charge < -0.3 is 10.1 Å². The Morgan fingerprint density at radius 3 is 2.62 bits per heavy atom. The summed E-state index contributed by atoms with van der Waals surface area (Å²) in [7, 11) is 1.74. The molecule has 1 aliphatic carbocycles. The average Bonchev–Trinajstić information content (AvgIpc) is 2.51. The van der Waals surface area contributed by atoms with E-state index in [-0.39, 0.29) is 0 Å². The number of pyridine rings is 1. The van der Waals surface area contributed by atoms with Crippen LogP contribution in [0.2, 0.25) is 0 Å². The number of ether oxygens (including phenoxy) is 1. The van der Waals surface area contributed by atoms with Crippen LogP contribution in [-0.4, -0.2) is 18.1 Å². The highest BCUT2D eigenvalue weighted by atomic mass is 16.5. The minimum atomic E-state index is 0.624. The lowest BCUT2D eigenvalue weighted by Crippen LogP contribution is -2.36. The second-order valence-electron chi connectivity index (χ2n) is 6.34. The van der Waals surface area contributed by atoms with Gasteiger partial charge in [0.2, 0.25) is 0 Å². The standard InChI is InChI=1S/C18H30N2O/c1-5-16(15-9-7-6-8-10-15)20-12-17-14(3)18(21-4)13(2)11-19-17/h11,15-16,20H,5-10,12H2,1-4H3. The molecule has 1 atom stereocenters. The maximum atomic E-state index is 5.50. The fraction of sp³-hybridized carbons (Fsp3) is 0.722. The summed E-state index contributed by atoms with van der Waals surface area (Å²) < 4.78 is 5.50. The molecule has 0 spiro atoms. The maximum Gasteiger partial charge on any atom is 0.128 e. The van der Waals surface area contributed by atoms with E-state index in [9.17, 15) is 0 Å². The number of rotatable bonds is 6. The first-order chi connectivity index (χ1) is 10.2. The summed E-state index contributed by atoms with van der Waals surface area (Å²) in [6, 6.07) is 0.624. The quantitative estimate of drug-likeness (QED) is 0.854. The van der Waals surface area contributed by atoms with Crippen LogP contribution in [0.5, 0.6) is 5.75 Å². The van der Waals surface area contributed by atoms with Crippen molar-refractivity contribution in [3.05, 3.63) is 23.0 Å². The SMILES string of the molecule is CCC(NCc1ncc(C)c(OC)c1C)C1CCCCC1. The molecule has 1 N–H and O–H groups in total. The molecule has 1 heterocycles. The molecule has 1 saturated carbocycles. The molecule has 1 aromatic rings. The molecule has 0 radical (unpaired) electrons. The molecular formula is C18H30N2O. The van der Waals surface area contributed by atoms with E-state index in [0.29, 0.717) is 6.04 Å². The largest absolute Gasteiger partial charge is 0.496 e. The van der Waals surface area contributed by atoms with Crippen molar-refractivity contribution in [3.63, 3.8) is 0 Å². The molecule has 0 aromatic carbocycles. The summed E-state index contributed by atoms with van der Waals surface area (Å²) in [6.45, 7) is 7.30. The van der Waals surface area contributed by atoms with Crippen molar-refractivity contribution in [1.29, 1.82) is 0 Å². The highest BCUT2D eigenvalue weighted by Crippen LogP contribution is 2.28. The highest BCUT2D eigenvalue weighted by molar-refractivity contribution is 5.41. The zero-order valence-corrected chi connectivity index (χ0v) is 14.0. The van der Waals surface area contributed by atoms with E-state index in [4.69, 9.17) is 4.74 Å². The van der Waals surface area contributed by atoms with Gasteiger partial charge in [-0.2, -0.15) is 0 Å². The molecule has 0 aliphatic heterocycles. The molecule has 21 heavy (non-hydrogen) atoms. The summed E-state index contributed by atoms with van der Waals surface area (Å²) in [6.07, 6.45) is 10.1. The number of hydrogen-bond acceptors (Lipinski definition) is 3. The molecule has 1 unspecified atom stereocenters. The van der Waals surface area contributed by atoms with Crippen LogP contribution in [0.15, 0.2) is 6.20 Å². The van der Waals surface area contributed by atoms with Crippen LogP contribution >= 0.6 is 0 Å². The summed E-state index contributed by atoms with van der Waals surface area (Å²) in [5, 5.41) is 3.75. The lowest BCUT2D eigenvalue weighted by molar-refractivity contribution is 0.261. The Hall–Kier alpha value is -1.09. The third kappa shape index (κ3) is 3.97. The molecule has 3 heteroatoms. The van der Waals surface area contributed by atoms with Crippen LogP contribution in [0.1, 0.15) is 62.3 Å². The Bertz CT molecular complexity index is 453. The summed E-state index contributed by atoms with van der Waals surface area (Å²) >= 11 is 0. The smallest absolute Gasteiger partial charge is 0.128 e. The highest BCUT2D eigenvalue weighted by Gasteiger charge is 2.22. The van der Waals surface area contributed by atoms with Gasteiger partial charge in [-0.05, 0) is 39.0 Å². The van der Waals surface area contributed by atoms with E-state index in [1.807, 2.05) is 13.1 Å². The lowest BCUT2D eigenvalue weighted by Gasteiger charge is -2.30. The van der Waals surface area contributed by atoms with Crippen molar-refractivity contribution in [3.8, 4) is 5.75 Å². The number of nitrogens with zero attached hydrogens (tertiary/aromatic N) is 1. The van der Waals surface area contributed by atoms with Gasteiger partial charge in [0.15, 0.2) is 0 Å². The van der Waals surface area contributed by atoms with Crippen molar-refractivity contribution in [2.45, 2.75) is 71.9 Å². The average molecular weight is 290 g/mol. The Morgan fingerprint density at radius 2 is 2.00 bits per heavy atom. The monoisotopic (exact) mass is 290 g/mol. The van der Waals surface area contributed by atoms with Crippen molar-refractivity contribution >= 4 is 0 Å². The lowest BCUT2D eigenvalue weighted by atomic mass is 9.83. The van der Waals surface area contributed by atoms with Gasteiger partial charge in [-0.25, -0.2) is 0 Å². The first-order valence-corrected chi connectivity index (χ1v) is 8.39. The molecule has 1 fully saturated rings. The van der Waals surface area contributed by atoms with Gasteiger partial charge in [0.1, 0.15) is 5.75 Å². The van der Waals surface area contributed by atoms with Gasteiger partial charge in [-0.3, -0.25) is 4.98 Å². The van der Waals surface area contributed by atoms with Crippen LogP contribution in [0.3, 0.4) is 0 Å². The van der Waals surface area contributed by atoms with Crippen molar-refractivity contribution in [2.75, 3.05) is 7.11 Å². The minimum Gasteiger partial charge on any atom is -0.496 e. The fourth-order valence-electron chi connectivity index (χ4n) is 3.66. The van der Waals surface area contributed by atoms with Gasteiger partial charge in [-0.15, -0.1) is 0 Å². The van der Waals surface area contributed by atoms with Crippen LogP contribution in [-0.2, 0) is 6.54 Å². The molecule has 1 aliphatic rings. The van der Waals surface area contributed by atoms with E-state index in [1.165, 1.54) is 44.1 Å². The Kier molecular flexibility index (Phi) is 6.04. The van der Waals surface area contributed by atoms with E-state index < -0.39 is 0 Å². The summed E-state index contributed by atoms with van der Waals surface area (Å²) in [5.41, 5.74) is 3.40. The van der Waals surface area contributed by atoms with Crippen LogP contribution in [0.4, 0.5) is 0 Å². The van der Waals surface area contributed by atoms with Crippen LogP contribution < -0.4 is 10.1 Å². The van der Waals surface area contributed by atoms with Crippen LogP contribution in [0, 0.1) is 19.8 Å². The summed E-state index contributed by atoms with van der Waals surface area (Å²) in [4.78, 5) is 4.60. The Labute approximate surface area is 129 Å². The van der Waals surface area contributed by atoms with Gasteiger partial charge in [0.05, 0.1) is 12.8 Å². The molecule has 118 valence electrons. The van der Waals surface area contributed by atoms with Crippen molar-refractivity contribution < 1.29 is 4.74 Å². The van der Waals surface area contributed by atoms with Gasteiger partial charge in [0.25, 0.3) is 0 Å². The normalized spacial score (nSPS) is 17.7. The van der Waals surface area contributed by atoms with E-state index in [2.05, 4.69) is 24.1 Å². The second-order valence-corrected chi connectivity index (χ2v) is 6.34. The van der Waals surface area contributed by atoms with Crippen molar-refractivity contribution in [1.82, 2.24) is 10.3 Å². The zero-order valence-electron chi connectivity index (χ0n) is 14.0. The number of aryl methyl sites for hydroxylation is 1. The Morgan fingerprint density at radius 1 is 1.29 bits per heavy atom. The maximum absolute atomic E-state index is 5.50. The number of aromatic nitrogens is 1. The third-order valence-corrected chi connectivity index (χ3v) is 4.94. The second kappa shape index (κ2) is 7.79. The summed E-state index contributed by atoms with van der Waals surface area (Å²) in [5.74, 6) is 1.82. The van der Waals surface area contributed by atoms with Gasteiger partial charge in [-0.1, -0.05) is 26.2 Å². The number of nitrogens with one attached hydrogen (secondary N) is 1. The predicted molar refractivity (Wildman–Crippen MR) is 87.8 cm³/mol. The molecule has 0 amide bonds. The topological polar surface area (TPSA) is 34.2 Å². The van der Waals surface area contributed by atoms with E-state index in [0.717, 1.165) is 29.5 Å². The first kappa shape index (κ1) is 16.3. The van der Waals surface area contributed by atoms with Crippen LogP contribution in [0.25, 0.3) is 0 Å². The molecular weight excluding hydrogens is 260 g/mol. The first-order valence-electron chi connectivity index (χ1n) is 8.39. The number of methoxy groups -OCH3 is 1. The Balaban J connectivity index is 2.01. The zero-order chi connectivity index (χ0) is 15.2. The molecule has 0 bridgehead atoms. The van der Waals surface area contributed by atoms with Crippen molar-refractivity contribution in [2.24, 2.45) is 5.92 Å². The number of hydrogen-bond donors (Lipinski definition) is 1.